The first-order valence-corrected chi connectivity index (χ1v) is 15.0. The van der Waals surface area contributed by atoms with E-state index in [1.165, 1.54) is 30.7 Å². The van der Waals surface area contributed by atoms with Crippen LogP contribution < -0.4 is 16.3 Å². The summed E-state index contributed by atoms with van der Waals surface area (Å²) in [5.41, 5.74) is 5.60. The van der Waals surface area contributed by atoms with Gasteiger partial charge >= 0.3 is 5.69 Å². The van der Waals surface area contributed by atoms with Crippen molar-refractivity contribution in [2.75, 3.05) is 36.5 Å². The molecule has 3 N–H and O–H groups in total. The van der Waals surface area contributed by atoms with Crippen molar-refractivity contribution in [2.24, 2.45) is 0 Å². The van der Waals surface area contributed by atoms with Crippen molar-refractivity contribution in [1.29, 1.82) is 0 Å². The maximum Gasteiger partial charge on any atom is 0.355 e. The van der Waals surface area contributed by atoms with E-state index in [0.717, 1.165) is 10.8 Å². The Morgan fingerprint density at radius 1 is 1.24 bits per heavy atom. The van der Waals surface area contributed by atoms with Gasteiger partial charge in [0.1, 0.15) is 22.2 Å². The second kappa shape index (κ2) is 10.6. The van der Waals surface area contributed by atoms with Crippen LogP contribution in [0, 0.1) is 5.82 Å². The Hall–Kier alpha value is -4.66. The summed E-state index contributed by atoms with van der Waals surface area (Å²) in [6, 6.07) is 0.895. The lowest BCUT2D eigenvalue weighted by molar-refractivity contribution is -0.126. The van der Waals surface area contributed by atoms with Crippen molar-refractivity contribution < 1.29 is 17.6 Å². The minimum absolute atomic E-state index is 0.0307. The number of nitrogens with zero attached hydrogens (tertiary/aromatic N) is 7. The Balaban J connectivity index is 1.87. The van der Waals surface area contributed by atoms with Crippen LogP contribution in [0.15, 0.2) is 47.0 Å². The number of anilines is 2. The van der Waals surface area contributed by atoms with Gasteiger partial charge in [-0.05, 0) is 30.5 Å². The number of aromatic amines is 1. The topological polar surface area (TPSA) is 173 Å². The molecule has 0 saturated carbocycles. The third kappa shape index (κ3) is 4.89. The van der Waals surface area contributed by atoms with Gasteiger partial charge in [-0.2, -0.15) is 10.1 Å². The van der Waals surface area contributed by atoms with Crippen molar-refractivity contribution in [3.63, 3.8) is 0 Å². The van der Waals surface area contributed by atoms with Crippen molar-refractivity contribution in [1.82, 2.24) is 34.6 Å². The number of H-pyrrole nitrogens is 1. The molecule has 5 heterocycles. The summed E-state index contributed by atoms with van der Waals surface area (Å²) in [5.74, 6) is -1.01. The number of nitrogens with one attached hydrogen (secondary N) is 1. The molecule has 0 radical (unpaired) electrons. The molecule has 1 aliphatic rings. The highest BCUT2D eigenvalue weighted by Crippen LogP contribution is 2.35. The molecule has 5 rings (SSSR count). The molecule has 1 saturated heterocycles. The Labute approximate surface area is 240 Å². The van der Waals surface area contributed by atoms with Gasteiger partial charge in [-0.3, -0.25) is 14.9 Å². The van der Waals surface area contributed by atoms with E-state index in [2.05, 4.69) is 31.7 Å². The third-order valence-electron chi connectivity index (χ3n) is 7.27. The number of piperazine rings is 1. The molecule has 0 aliphatic carbocycles. The van der Waals surface area contributed by atoms with E-state index >= 15 is 4.39 Å². The fourth-order valence-corrected chi connectivity index (χ4v) is 6.00. The number of halogens is 1. The van der Waals surface area contributed by atoms with Crippen LogP contribution in [0.2, 0.25) is 0 Å². The lowest BCUT2D eigenvalue weighted by Crippen LogP contribution is -2.54. The average molecular weight is 596 g/mol. The molecule has 1 aliphatic heterocycles. The van der Waals surface area contributed by atoms with Gasteiger partial charge in [-0.15, -0.1) is 0 Å². The van der Waals surface area contributed by atoms with Crippen LogP contribution in [0.1, 0.15) is 32.3 Å². The fourth-order valence-electron chi connectivity index (χ4n) is 5.18. The number of sulfone groups is 1. The summed E-state index contributed by atoms with van der Waals surface area (Å²) in [4.78, 5) is 42.5. The number of rotatable bonds is 6. The first kappa shape index (κ1) is 28.9. The monoisotopic (exact) mass is 595 g/mol. The van der Waals surface area contributed by atoms with Crippen LogP contribution >= 0.6 is 0 Å². The van der Waals surface area contributed by atoms with Gasteiger partial charge in [0.25, 0.3) is 0 Å². The van der Waals surface area contributed by atoms with E-state index in [1.54, 1.807) is 9.80 Å². The van der Waals surface area contributed by atoms with E-state index in [1.807, 2.05) is 20.8 Å². The maximum absolute atomic E-state index is 15.8. The zero-order valence-electron chi connectivity index (χ0n) is 23.5. The zero-order valence-corrected chi connectivity index (χ0v) is 24.3. The maximum atomic E-state index is 15.8. The van der Waals surface area contributed by atoms with E-state index in [0.29, 0.717) is 25.2 Å². The Bertz CT molecular complexity index is 1900. The number of nitrogens with two attached hydrogens (primary N) is 1. The van der Waals surface area contributed by atoms with Gasteiger partial charge in [0, 0.05) is 44.3 Å². The van der Waals surface area contributed by atoms with Crippen LogP contribution in [-0.4, -0.2) is 80.9 Å². The molecule has 1 atom stereocenters. The molecule has 42 heavy (non-hydrogen) atoms. The van der Waals surface area contributed by atoms with Crippen LogP contribution in [0.5, 0.6) is 0 Å². The largest absolute Gasteiger partial charge is 0.384 e. The van der Waals surface area contributed by atoms with E-state index in [9.17, 15) is 18.0 Å². The smallest absolute Gasteiger partial charge is 0.355 e. The predicted molar refractivity (Wildman–Crippen MR) is 156 cm³/mol. The van der Waals surface area contributed by atoms with Gasteiger partial charge in [0.05, 0.1) is 22.8 Å². The lowest BCUT2D eigenvalue weighted by atomic mass is 10.0. The number of nitrogen functional groups attached to an aromatic ring is 1. The molecule has 220 valence electrons. The first-order valence-electron chi connectivity index (χ1n) is 13.1. The fraction of sp³-hybridized carbons (Fsp3) is 0.333. The molecule has 15 heteroatoms. The van der Waals surface area contributed by atoms with Crippen molar-refractivity contribution in [3.8, 4) is 16.9 Å². The number of carbonyl (C=O) groups is 1. The van der Waals surface area contributed by atoms with Crippen LogP contribution in [0.4, 0.5) is 16.0 Å². The Kier molecular flexibility index (Phi) is 7.30. The summed E-state index contributed by atoms with van der Waals surface area (Å²) in [7, 11) is -3.89. The van der Waals surface area contributed by atoms with E-state index < -0.39 is 21.3 Å². The van der Waals surface area contributed by atoms with Crippen LogP contribution in [0.25, 0.3) is 28.0 Å². The van der Waals surface area contributed by atoms with Crippen LogP contribution in [0.3, 0.4) is 0 Å². The highest BCUT2D eigenvalue weighted by molar-refractivity contribution is 7.90. The molecule has 0 aromatic carbocycles. The number of hydrogen-bond acceptors (Lipinski definition) is 10. The molecule has 4 aromatic rings. The quantitative estimate of drug-likeness (QED) is 0.314. The SMILES string of the molecule is C=CC(=O)N1CCN(c2nc(=O)n(-c3c(C(C)C)cncc3S(C)(=O)=O)c3nc(-c4cn[nH]c4N)c(F)cc23)[C@@H](C)C1. The summed E-state index contributed by atoms with van der Waals surface area (Å²) in [6.45, 7) is 9.99. The summed E-state index contributed by atoms with van der Waals surface area (Å²) < 4.78 is 42.7. The van der Waals surface area contributed by atoms with Gasteiger partial charge in [0.15, 0.2) is 21.3 Å². The van der Waals surface area contributed by atoms with Crippen LogP contribution in [-0.2, 0) is 14.6 Å². The number of aromatic nitrogens is 6. The molecular weight excluding hydrogens is 565 g/mol. The second-order valence-corrected chi connectivity index (χ2v) is 12.5. The third-order valence-corrected chi connectivity index (χ3v) is 8.37. The summed E-state index contributed by atoms with van der Waals surface area (Å²) in [6.07, 6.45) is 6.21. The molecule has 0 unspecified atom stereocenters. The number of pyridine rings is 2. The number of fused-ring (bicyclic) bond motifs is 1. The second-order valence-electron chi connectivity index (χ2n) is 10.5. The normalized spacial score (nSPS) is 15.9. The molecule has 0 spiro atoms. The predicted octanol–water partition coefficient (Wildman–Crippen LogP) is 2.04. The number of carbonyl (C=O) groups excluding carboxylic acids is 1. The van der Waals surface area contributed by atoms with Gasteiger partial charge in [-0.25, -0.2) is 27.2 Å². The average Bonchev–Trinajstić information content (AvgIpc) is 3.36. The van der Waals surface area contributed by atoms with E-state index in [4.69, 9.17) is 5.73 Å². The molecule has 13 nitrogen and oxygen atoms in total. The zero-order chi connectivity index (χ0) is 30.5. The van der Waals surface area contributed by atoms with Gasteiger partial charge in [0.2, 0.25) is 5.91 Å². The molecular formula is C27H30FN9O4S. The minimum Gasteiger partial charge on any atom is -0.384 e. The molecule has 1 fully saturated rings. The minimum atomic E-state index is -3.89. The van der Waals surface area contributed by atoms with Crippen molar-refractivity contribution in [3.05, 3.63) is 59.2 Å². The number of hydrogen-bond donors (Lipinski definition) is 2. The van der Waals surface area contributed by atoms with Crippen molar-refractivity contribution in [2.45, 2.75) is 37.6 Å². The summed E-state index contributed by atoms with van der Waals surface area (Å²) in [5, 5.41) is 6.57. The van der Waals surface area contributed by atoms with Gasteiger partial charge < -0.3 is 15.5 Å². The first-order chi connectivity index (χ1) is 19.8. The Morgan fingerprint density at radius 2 is 1.98 bits per heavy atom. The van der Waals surface area contributed by atoms with Crippen molar-refractivity contribution >= 4 is 38.4 Å². The molecule has 0 bridgehead atoms. The highest BCUT2D eigenvalue weighted by Gasteiger charge is 2.31. The Morgan fingerprint density at radius 3 is 2.57 bits per heavy atom. The lowest BCUT2D eigenvalue weighted by Gasteiger charge is -2.40. The van der Waals surface area contributed by atoms with E-state index in [-0.39, 0.29) is 62.4 Å². The van der Waals surface area contributed by atoms with Gasteiger partial charge in [-0.1, -0.05) is 20.4 Å². The highest BCUT2D eigenvalue weighted by atomic mass is 32.2. The summed E-state index contributed by atoms with van der Waals surface area (Å²) >= 11 is 0. The molecule has 4 aromatic heterocycles. The molecule has 1 amide bonds. The number of amides is 1. The standard InChI is InChI=1S/C27H30FN9O4S/c1-6-21(38)35-7-8-36(15(4)13-35)25-16-9-19(28)22(18-11-31-34-24(18)29)32-26(16)37(27(39)33-25)23-17(14(2)3)10-30-12-20(23)42(5,40)41/h6,9-12,14-15H,1,7-8,13H2,2-5H3,(H3,29,31,34)/t15-/m0/s1.